The van der Waals surface area contributed by atoms with E-state index in [0.717, 1.165) is 19.4 Å². The van der Waals surface area contributed by atoms with Crippen molar-refractivity contribution in [1.82, 2.24) is 10.6 Å². The Morgan fingerprint density at radius 1 is 1.20 bits per heavy atom. The molecule has 0 aliphatic heterocycles. The molecule has 0 aromatic carbocycles. The SMILES string of the molecule is CC(C)NCCCC[C@@H](NC(=O)OC(C)(C)C)C(=O)O. The smallest absolute Gasteiger partial charge is 0.408 e. The van der Waals surface area contributed by atoms with Gasteiger partial charge in [-0.25, -0.2) is 9.59 Å². The first-order valence-corrected chi connectivity index (χ1v) is 7.07. The number of nitrogens with one attached hydrogen (secondary N) is 2. The van der Waals surface area contributed by atoms with E-state index in [1.54, 1.807) is 20.8 Å². The van der Waals surface area contributed by atoms with E-state index in [2.05, 4.69) is 24.5 Å². The first-order valence-electron chi connectivity index (χ1n) is 7.07. The van der Waals surface area contributed by atoms with Gasteiger partial charge in [-0.15, -0.1) is 0 Å². The second-order valence-corrected chi connectivity index (χ2v) is 6.14. The van der Waals surface area contributed by atoms with Gasteiger partial charge in [0.2, 0.25) is 0 Å². The summed E-state index contributed by atoms with van der Waals surface area (Å²) in [5.41, 5.74) is -0.631. The number of alkyl carbamates (subject to hydrolysis) is 1. The zero-order valence-corrected chi connectivity index (χ0v) is 13.2. The number of carbonyl (C=O) groups excluding carboxylic acids is 1. The van der Waals surface area contributed by atoms with E-state index >= 15 is 0 Å². The average Bonchev–Trinajstić information content (AvgIpc) is 2.23. The molecule has 0 saturated carbocycles. The summed E-state index contributed by atoms with van der Waals surface area (Å²) in [6.07, 6.45) is 1.31. The Morgan fingerprint density at radius 2 is 1.80 bits per heavy atom. The Hall–Kier alpha value is -1.30. The highest BCUT2D eigenvalue weighted by atomic mass is 16.6. The van der Waals surface area contributed by atoms with Gasteiger partial charge in [-0.2, -0.15) is 0 Å². The van der Waals surface area contributed by atoms with E-state index in [0.29, 0.717) is 12.5 Å². The fourth-order valence-corrected chi connectivity index (χ4v) is 1.57. The molecule has 6 heteroatoms. The number of carbonyl (C=O) groups is 2. The predicted octanol–water partition coefficient (Wildman–Crippen LogP) is 2.13. The van der Waals surface area contributed by atoms with Crippen LogP contribution < -0.4 is 10.6 Å². The fraction of sp³-hybridized carbons (Fsp3) is 0.857. The Balaban J connectivity index is 4.05. The standard InChI is InChI=1S/C14H28N2O4/c1-10(2)15-9-7-6-8-11(12(17)18)16-13(19)20-14(3,4)5/h10-11,15H,6-9H2,1-5H3,(H,16,19)(H,17,18)/t11-/m1/s1. The van der Waals surface area contributed by atoms with Crippen LogP contribution in [0.4, 0.5) is 4.79 Å². The quantitative estimate of drug-likeness (QED) is 0.596. The molecule has 0 aliphatic carbocycles. The van der Waals surface area contributed by atoms with Crippen LogP contribution in [0.5, 0.6) is 0 Å². The van der Waals surface area contributed by atoms with Gasteiger partial charge in [0.15, 0.2) is 0 Å². The molecule has 1 atom stereocenters. The Kier molecular flexibility index (Phi) is 8.22. The van der Waals surface area contributed by atoms with Gasteiger partial charge in [0, 0.05) is 6.04 Å². The topological polar surface area (TPSA) is 87.7 Å². The lowest BCUT2D eigenvalue weighted by atomic mass is 10.1. The largest absolute Gasteiger partial charge is 0.480 e. The van der Waals surface area contributed by atoms with Crippen LogP contribution in [0.15, 0.2) is 0 Å². The summed E-state index contributed by atoms with van der Waals surface area (Å²) in [6, 6.07) is -0.478. The number of hydrogen-bond donors (Lipinski definition) is 3. The summed E-state index contributed by atoms with van der Waals surface area (Å²) in [5, 5.41) is 14.7. The maximum Gasteiger partial charge on any atom is 0.408 e. The first-order chi connectivity index (χ1) is 9.11. The molecule has 0 radical (unpaired) electrons. The van der Waals surface area contributed by atoms with Crippen LogP contribution in [0.1, 0.15) is 53.9 Å². The molecule has 0 aliphatic rings. The van der Waals surface area contributed by atoms with Gasteiger partial charge in [0.1, 0.15) is 11.6 Å². The summed E-state index contributed by atoms with van der Waals surface area (Å²) < 4.78 is 5.05. The van der Waals surface area contributed by atoms with Crippen LogP contribution in [0, 0.1) is 0 Å². The molecule has 0 spiro atoms. The van der Waals surface area contributed by atoms with E-state index in [1.807, 2.05) is 0 Å². The third-order valence-electron chi connectivity index (χ3n) is 2.46. The normalized spacial score (nSPS) is 13.1. The summed E-state index contributed by atoms with van der Waals surface area (Å²) in [6.45, 7) is 10.2. The molecule has 0 saturated heterocycles. The van der Waals surface area contributed by atoms with Crippen molar-refractivity contribution in [2.75, 3.05) is 6.54 Å². The van der Waals surface area contributed by atoms with Crippen molar-refractivity contribution in [3.8, 4) is 0 Å². The van der Waals surface area contributed by atoms with Crippen molar-refractivity contribution in [2.24, 2.45) is 0 Å². The number of carboxylic acid groups (broad SMARTS) is 1. The zero-order valence-electron chi connectivity index (χ0n) is 13.2. The van der Waals surface area contributed by atoms with E-state index < -0.39 is 23.7 Å². The minimum Gasteiger partial charge on any atom is -0.480 e. The maximum atomic E-state index is 11.5. The molecular formula is C14H28N2O4. The van der Waals surface area contributed by atoms with E-state index in [1.165, 1.54) is 0 Å². The van der Waals surface area contributed by atoms with Gasteiger partial charge in [0.25, 0.3) is 0 Å². The van der Waals surface area contributed by atoms with Crippen molar-refractivity contribution in [1.29, 1.82) is 0 Å². The minimum atomic E-state index is -1.03. The highest BCUT2D eigenvalue weighted by molar-refractivity contribution is 5.79. The van der Waals surface area contributed by atoms with Crippen LogP contribution >= 0.6 is 0 Å². The average molecular weight is 288 g/mol. The van der Waals surface area contributed by atoms with Crippen LogP contribution in [0.3, 0.4) is 0 Å². The highest BCUT2D eigenvalue weighted by Crippen LogP contribution is 2.08. The van der Waals surface area contributed by atoms with Crippen LogP contribution in [0.25, 0.3) is 0 Å². The van der Waals surface area contributed by atoms with Crippen molar-refractivity contribution >= 4 is 12.1 Å². The molecule has 20 heavy (non-hydrogen) atoms. The lowest BCUT2D eigenvalue weighted by Gasteiger charge is -2.22. The van der Waals surface area contributed by atoms with E-state index in [4.69, 9.17) is 9.84 Å². The summed E-state index contributed by atoms with van der Waals surface area (Å²) in [4.78, 5) is 22.6. The lowest BCUT2D eigenvalue weighted by Crippen LogP contribution is -2.43. The molecule has 118 valence electrons. The predicted molar refractivity (Wildman–Crippen MR) is 77.8 cm³/mol. The van der Waals surface area contributed by atoms with Crippen LogP contribution in [-0.2, 0) is 9.53 Å². The highest BCUT2D eigenvalue weighted by Gasteiger charge is 2.23. The van der Waals surface area contributed by atoms with Gasteiger partial charge in [-0.05, 0) is 46.6 Å². The van der Waals surface area contributed by atoms with Gasteiger partial charge >= 0.3 is 12.1 Å². The van der Waals surface area contributed by atoms with Crippen molar-refractivity contribution < 1.29 is 19.4 Å². The molecule has 0 bridgehead atoms. The molecule has 0 aromatic heterocycles. The van der Waals surface area contributed by atoms with E-state index in [9.17, 15) is 9.59 Å². The summed E-state index contributed by atoms with van der Waals surface area (Å²) in [7, 11) is 0. The molecule has 1 amide bonds. The second-order valence-electron chi connectivity index (χ2n) is 6.14. The van der Waals surface area contributed by atoms with Crippen molar-refractivity contribution in [3.63, 3.8) is 0 Å². The van der Waals surface area contributed by atoms with Gasteiger partial charge in [-0.1, -0.05) is 13.8 Å². The third-order valence-corrected chi connectivity index (χ3v) is 2.46. The summed E-state index contributed by atoms with van der Waals surface area (Å²) in [5.74, 6) is -1.03. The molecule has 0 aromatic rings. The minimum absolute atomic E-state index is 0.397. The Morgan fingerprint density at radius 3 is 2.25 bits per heavy atom. The number of unbranched alkanes of at least 4 members (excludes halogenated alkanes) is 1. The van der Waals surface area contributed by atoms with Crippen molar-refractivity contribution in [2.45, 2.75) is 71.6 Å². The fourth-order valence-electron chi connectivity index (χ4n) is 1.57. The number of carboxylic acids is 1. The monoisotopic (exact) mass is 288 g/mol. The Bertz CT molecular complexity index is 311. The lowest BCUT2D eigenvalue weighted by molar-refractivity contribution is -0.139. The maximum absolute atomic E-state index is 11.5. The molecule has 0 unspecified atom stereocenters. The van der Waals surface area contributed by atoms with Gasteiger partial charge in [-0.3, -0.25) is 0 Å². The van der Waals surface area contributed by atoms with Crippen molar-refractivity contribution in [3.05, 3.63) is 0 Å². The van der Waals surface area contributed by atoms with Gasteiger partial charge in [0.05, 0.1) is 0 Å². The van der Waals surface area contributed by atoms with Gasteiger partial charge < -0.3 is 20.5 Å². The first kappa shape index (κ1) is 18.7. The number of rotatable bonds is 8. The number of amides is 1. The third kappa shape index (κ3) is 10.6. The number of aliphatic carboxylic acids is 1. The number of hydrogen-bond acceptors (Lipinski definition) is 4. The van der Waals surface area contributed by atoms with Crippen LogP contribution in [-0.4, -0.2) is 41.4 Å². The molecular weight excluding hydrogens is 260 g/mol. The second kappa shape index (κ2) is 8.79. The van der Waals surface area contributed by atoms with Crippen LogP contribution in [0.2, 0.25) is 0 Å². The molecule has 6 nitrogen and oxygen atoms in total. The molecule has 0 fully saturated rings. The molecule has 0 rings (SSSR count). The zero-order chi connectivity index (χ0) is 15.8. The van der Waals surface area contributed by atoms with E-state index in [-0.39, 0.29) is 0 Å². The molecule has 3 N–H and O–H groups in total. The number of ether oxygens (including phenoxy) is 1. The summed E-state index contributed by atoms with van der Waals surface area (Å²) >= 11 is 0. The molecule has 0 heterocycles. The Labute approximate surface area is 121 Å².